The van der Waals surface area contributed by atoms with Crippen molar-refractivity contribution in [1.82, 2.24) is 0 Å². The summed E-state index contributed by atoms with van der Waals surface area (Å²) in [6.07, 6.45) is 21.7. The molecule has 0 aromatic carbocycles. The van der Waals surface area contributed by atoms with Gasteiger partial charge in [-0.3, -0.25) is 4.79 Å². The molecular formula is C23H44N2O2. The minimum Gasteiger partial charge on any atom is -0.365 e. The highest BCUT2D eigenvalue weighted by Crippen LogP contribution is 2.40. The van der Waals surface area contributed by atoms with Gasteiger partial charge in [0.1, 0.15) is 0 Å². The van der Waals surface area contributed by atoms with Gasteiger partial charge in [-0.05, 0) is 19.3 Å². The van der Waals surface area contributed by atoms with Crippen LogP contribution in [0.4, 0.5) is 0 Å². The Balaban J connectivity index is 1.99. The highest BCUT2D eigenvalue weighted by atomic mass is 16.7. The first-order valence-electron chi connectivity index (χ1n) is 11.8. The quantitative estimate of drug-likeness (QED) is 0.226. The van der Waals surface area contributed by atoms with Crippen molar-refractivity contribution in [2.24, 2.45) is 15.8 Å². The van der Waals surface area contributed by atoms with Crippen LogP contribution in [0.2, 0.25) is 0 Å². The highest BCUT2D eigenvalue weighted by molar-refractivity contribution is 5.82. The Kier molecular flexibility index (Phi) is 13.4. The predicted octanol–water partition coefficient (Wildman–Crippen LogP) is 7.96. The second-order valence-corrected chi connectivity index (χ2v) is 8.42. The molecule has 1 rings (SSSR count). The Morgan fingerprint density at radius 2 is 1.19 bits per heavy atom. The van der Waals surface area contributed by atoms with E-state index in [1.54, 1.807) is 0 Å². The van der Waals surface area contributed by atoms with E-state index in [0.29, 0.717) is 0 Å². The first kappa shape index (κ1) is 24.1. The molecule has 0 aliphatic carbocycles. The van der Waals surface area contributed by atoms with Gasteiger partial charge in [0, 0.05) is 10.7 Å². The molecule has 1 aliphatic rings. The van der Waals surface area contributed by atoms with Crippen LogP contribution in [0.5, 0.6) is 0 Å². The molecule has 0 fully saturated rings. The molecule has 1 unspecified atom stereocenters. The molecule has 4 nitrogen and oxygen atoms in total. The molecule has 4 heteroatoms. The fourth-order valence-electron chi connectivity index (χ4n) is 4.36. The minimum atomic E-state index is -0.450. The van der Waals surface area contributed by atoms with E-state index in [-0.39, 0.29) is 11.3 Å². The number of nitrogens with zero attached hydrogens (tertiary/aromatic N) is 2. The van der Waals surface area contributed by atoms with Gasteiger partial charge in [-0.25, -0.2) is 0 Å². The molecule has 1 heterocycles. The highest BCUT2D eigenvalue weighted by Gasteiger charge is 2.44. The largest absolute Gasteiger partial charge is 0.365 e. The van der Waals surface area contributed by atoms with Crippen molar-refractivity contribution >= 4 is 5.91 Å². The van der Waals surface area contributed by atoms with Crippen LogP contribution in [0, 0.1) is 5.41 Å². The van der Waals surface area contributed by atoms with Gasteiger partial charge in [0.15, 0.2) is 0 Å². The van der Waals surface area contributed by atoms with Crippen molar-refractivity contribution in [3.05, 3.63) is 0 Å². The molecule has 27 heavy (non-hydrogen) atoms. The van der Waals surface area contributed by atoms with Crippen molar-refractivity contribution in [3.63, 3.8) is 0 Å². The van der Waals surface area contributed by atoms with E-state index in [0.717, 1.165) is 19.3 Å². The van der Waals surface area contributed by atoms with Crippen LogP contribution in [-0.2, 0) is 9.63 Å². The SMILES string of the molecule is CCCCCCCCCCCCCCCCC(CC)(CC)C1ON=NC1=O. The van der Waals surface area contributed by atoms with Crippen LogP contribution in [-0.4, -0.2) is 12.0 Å². The molecule has 1 aliphatic heterocycles. The lowest BCUT2D eigenvalue weighted by molar-refractivity contribution is -0.132. The van der Waals surface area contributed by atoms with Crippen LogP contribution in [0.1, 0.15) is 130 Å². The van der Waals surface area contributed by atoms with Crippen molar-refractivity contribution < 1.29 is 9.63 Å². The zero-order valence-electron chi connectivity index (χ0n) is 18.3. The number of amides is 1. The number of rotatable bonds is 18. The van der Waals surface area contributed by atoms with Gasteiger partial charge in [-0.1, -0.05) is 116 Å². The summed E-state index contributed by atoms with van der Waals surface area (Å²) in [6, 6.07) is 0. The fourth-order valence-corrected chi connectivity index (χ4v) is 4.36. The molecule has 0 saturated heterocycles. The number of carbonyl (C=O) groups excluding carboxylic acids is 1. The van der Waals surface area contributed by atoms with Gasteiger partial charge in [0.05, 0.1) is 0 Å². The standard InChI is InChI=1S/C23H44N2O2/c1-4-7-8-9-10-11-12-13-14-15-16-17-18-19-20-23(5-2,6-3)21-22(26)24-25-27-21/h21H,4-20H2,1-3H3. The number of unbranched alkanes of at least 4 members (excludes halogenated alkanes) is 13. The maximum Gasteiger partial charge on any atom is 0.311 e. The van der Waals surface area contributed by atoms with Gasteiger partial charge in [0.2, 0.25) is 6.10 Å². The van der Waals surface area contributed by atoms with Crippen molar-refractivity contribution in [3.8, 4) is 0 Å². The third kappa shape index (κ3) is 9.21. The second kappa shape index (κ2) is 15.0. The van der Waals surface area contributed by atoms with Crippen LogP contribution in [0.3, 0.4) is 0 Å². The molecule has 0 aromatic heterocycles. The average Bonchev–Trinajstić information content (AvgIpc) is 3.12. The zero-order valence-corrected chi connectivity index (χ0v) is 18.3. The molecular weight excluding hydrogens is 336 g/mol. The average molecular weight is 381 g/mol. The van der Waals surface area contributed by atoms with Gasteiger partial charge >= 0.3 is 5.91 Å². The Hall–Kier alpha value is -0.930. The molecule has 1 atom stereocenters. The molecule has 0 bridgehead atoms. The van der Waals surface area contributed by atoms with E-state index in [4.69, 9.17) is 4.84 Å². The number of carbonyl (C=O) groups is 1. The zero-order chi connectivity index (χ0) is 19.8. The maximum atomic E-state index is 11.9. The Bertz CT molecular complexity index is 405. The number of hydrogen-bond acceptors (Lipinski definition) is 3. The fraction of sp³-hybridized carbons (Fsp3) is 0.957. The van der Waals surface area contributed by atoms with E-state index in [9.17, 15) is 4.79 Å². The first-order valence-corrected chi connectivity index (χ1v) is 11.8. The Morgan fingerprint density at radius 1 is 0.741 bits per heavy atom. The normalized spacial score (nSPS) is 16.9. The maximum absolute atomic E-state index is 11.9. The summed E-state index contributed by atoms with van der Waals surface area (Å²) in [5.74, 6) is -0.191. The van der Waals surface area contributed by atoms with Crippen molar-refractivity contribution in [2.45, 2.75) is 136 Å². The first-order chi connectivity index (χ1) is 13.2. The van der Waals surface area contributed by atoms with Gasteiger partial charge in [0.25, 0.3) is 0 Å². The van der Waals surface area contributed by atoms with Crippen LogP contribution in [0.15, 0.2) is 10.4 Å². The lowest BCUT2D eigenvalue weighted by Crippen LogP contribution is -2.38. The predicted molar refractivity (Wildman–Crippen MR) is 113 cm³/mol. The monoisotopic (exact) mass is 380 g/mol. The van der Waals surface area contributed by atoms with Crippen molar-refractivity contribution in [2.75, 3.05) is 0 Å². The molecule has 0 N–H and O–H groups in total. The summed E-state index contributed by atoms with van der Waals surface area (Å²) in [6.45, 7) is 6.59. The topological polar surface area (TPSA) is 51.0 Å². The minimum absolute atomic E-state index is 0.0856. The van der Waals surface area contributed by atoms with E-state index in [1.165, 1.54) is 89.9 Å². The van der Waals surface area contributed by atoms with Gasteiger partial charge < -0.3 is 4.84 Å². The van der Waals surface area contributed by atoms with Gasteiger partial charge in [-0.2, -0.15) is 0 Å². The van der Waals surface area contributed by atoms with E-state index in [2.05, 4.69) is 31.2 Å². The molecule has 158 valence electrons. The summed E-state index contributed by atoms with van der Waals surface area (Å²) < 4.78 is 0. The molecule has 0 radical (unpaired) electrons. The molecule has 0 saturated carbocycles. The summed E-state index contributed by atoms with van der Waals surface area (Å²) in [4.78, 5) is 17.2. The van der Waals surface area contributed by atoms with E-state index < -0.39 is 6.10 Å². The summed E-state index contributed by atoms with van der Waals surface area (Å²) in [5.41, 5.74) is -0.0856. The third-order valence-corrected chi connectivity index (χ3v) is 6.51. The summed E-state index contributed by atoms with van der Waals surface area (Å²) >= 11 is 0. The third-order valence-electron chi connectivity index (χ3n) is 6.51. The summed E-state index contributed by atoms with van der Waals surface area (Å²) in [5, 5.41) is 7.06. The molecule has 0 spiro atoms. The van der Waals surface area contributed by atoms with Crippen LogP contribution < -0.4 is 0 Å². The van der Waals surface area contributed by atoms with Gasteiger partial charge in [-0.15, -0.1) is 0 Å². The Labute approximate surface area is 167 Å². The Morgan fingerprint density at radius 3 is 1.56 bits per heavy atom. The van der Waals surface area contributed by atoms with Crippen molar-refractivity contribution in [1.29, 1.82) is 0 Å². The van der Waals surface area contributed by atoms with Crippen LogP contribution in [0.25, 0.3) is 0 Å². The lowest BCUT2D eigenvalue weighted by atomic mass is 9.73. The summed E-state index contributed by atoms with van der Waals surface area (Å²) in [7, 11) is 0. The lowest BCUT2D eigenvalue weighted by Gasteiger charge is -2.33. The molecule has 0 aromatic rings. The van der Waals surface area contributed by atoms with E-state index >= 15 is 0 Å². The number of hydrogen-bond donors (Lipinski definition) is 0. The smallest absolute Gasteiger partial charge is 0.311 e. The molecule has 1 amide bonds. The second-order valence-electron chi connectivity index (χ2n) is 8.42. The van der Waals surface area contributed by atoms with Crippen LogP contribution >= 0.6 is 0 Å². The van der Waals surface area contributed by atoms with E-state index in [1.807, 2.05) is 0 Å².